The predicted octanol–water partition coefficient (Wildman–Crippen LogP) is 19.5. The first-order valence-electron chi connectivity index (χ1n) is 36.6. The summed E-state index contributed by atoms with van der Waals surface area (Å²) >= 11 is 27.5. The van der Waals surface area contributed by atoms with E-state index in [0.717, 1.165) is 145 Å². The average molecular weight is 1570 g/mol. The number of oxazole rings is 1. The molecule has 558 valence electrons. The lowest BCUT2D eigenvalue weighted by Gasteiger charge is -2.37. The van der Waals surface area contributed by atoms with Gasteiger partial charge in [0.25, 0.3) is 0 Å². The van der Waals surface area contributed by atoms with Crippen LogP contribution in [0.3, 0.4) is 0 Å². The van der Waals surface area contributed by atoms with Gasteiger partial charge in [0.05, 0.1) is 86.7 Å². The molecular formula is C87H69Cl4N19O3. The Labute approximate surface area is 668 Å². The molecule has 22 nitrogen and oxygen atoms in total. The maximum absolute atomic E-state index is 6.90. The number of fused-ring (bicyclic) bond motifs is 4. The van der Waals surface area contributed by atoms with Gasteiger partial charge in [-0.15, -0.1) is 40.8 Å². The van der Waals surface area contributed by atoms with E-state index < -0.39 is 0 Å². The van der Waals surface area contributed by atoms with Gasteiger partial charge < -0.3 is 13.9 Å². The fourth-order valence-corrected chi connectivity index (χ4v) is 15.2. The molecule has 0 N–H and O–H groups in total. The SMILES string of the molecule is CC1(Cn2nc(-c3ccccc3)c3c(Cl)c(-c4ccccc4)nnc32)COC1.Clc1c(-c2ccccc2)nnc2c1c(-c1ccccc1)nn2C1CCOCC1.Clc1c(-c2ccccc2)nnc2c1c(-c1ccccc1)nn2Cc1cocn1.Cn1cc(Cn2nc(-c3ccccc3)c3c(Cl)c(-c4ccccc4)nnc32)cn1. The number of hydrogen-bond donors (Lipinski definition) is 0. The third-order valence-corrected chi connectivity index (χ3v) is 21.1. The highest BCUT2D eigenvalue weighted by molar-refractivity contribution is 6.40. The summed E-state index contributed by atoms with van der Waals surface area (Å²) < 4.78 is 25.3. The van der Waals surface area contributed by atoms with E-state index in [1.807, 2.05) is 264 Å². The van der Waals surface area contributed by atoms with Crippen molar-refractivity contribution in [1.82, 2.24) is 94.7 Å². The van der Waals surface area contributed by atoms with Gasteiger partial charge in [-0.3, -0.25) is 4.68 Å². The molecule has 20 rings (SSSR count). The Bertz CT molecular complexity index is 6310. The quantitative estimate of drug-likeness (QED) is 0.0927. The fourth-order valence-electron chi connectivity index (χ4n) is 14.0. The van der Waals surface area contributed by atoms with Gasteiger partial charge in [-0.25, -0.2) is 23.7 Å². The van der Waals surface area contributed by atoms with Crippen LogP contribution in [0.5, 0.6) is 0 Å². The zero-order chi connectivity index (χ0) is 76.8. The Morgan fingerprint density at radius 3 is 1.04 bits per heavy atom. The second kappa shape index (κ2) is 32.8. The van der Waals surface area contributed by atoms with E-state index in [9.17, 15) is 0 Å². The van der Waals surface area contributed by atoms with Gasteiger partial charge in [-0.05, 0) is 12.8 Å². The summed E-state index contributed by atoms with van der Waals surface area (Å²) in [6.07, 6.45) is 8.58. The van der Waals surface area contributed by atoms with Crippen LogP contribution >= 0.6 is 46.4 Å². The number of aryl methyl sites for hydroxylation is 1. The summed E-state index contributed by atoms with van der Waals surface area (Å²) in [5.74, 6) is 0. The fraction of sp³-hybridized carbons (Fsp3) is 0.149. The van der Waals surface area contributed by atoms with Crippen molar-refractivity contribution in [2.75, 3.05) is 26.4 Å². The second-order valence-corrected chi connectivity index (χ2v) is 29.1. The van der Waals surface area contributed by atoms with Crippen LogP contribution in [-0.4, -0.2) is 121 Å². The number of rotatable bonds is 15. The first kappa shape index (κ1) is 73.3. The second-order valence-electron chi connectivity index (χ2n) is 27.6. The Balaban J connectivity index is 0.000000109. The molecule has 0 radical (unpaired) electrons. The topological polar surface area (TPSA) is 237 Å². The van der Waals surface area contributed by atoms with Crippen LogP contribution in [0.15, 0.2) is 272 Å². The molecule has 12 heterocycles. The van der Waals surface area contributed by atoms with Crippen LogP contribution in [0, 0.1) is 5.41 Å². The normalized spacial score (nSPS) is 13.3. The van der Waals surface area contributed by atoms with Crippen LogP contribution < -0.4 is 0 Å². The molecule has 0 aliphatic carbocycles. The number of nitrogens with zero attached hydrogens (tertiary/aromatic N) is 19. The van der Waals surface area contributed by atoms with Crippen molar-refractivity contribution in [3.8, 4) is 90.1 Å². The predicted molar refractivity (Wildman–Crippen MR) is 441 cm³/mol. The highest BCUT2D eigenvalue weighted by atomic mass is 35.5. The van der Waals surface area contributed by atoms with E-state index in [4.69, 9.17) is 80.7 Å². The molecule has 8 aromatic carbocycles. The summed E-state index contributed by atoms with van der Waals surface area (Å²) in [6.45, 7) is 6.76. The number of aromatic nitrogens is 19. The summed E-state index contributed by atoms with van der Waals surface area (Å²) in [4.78, 5) is 4.18. The Kier molecular flexibility index (Phi) is 21.3. The van der Waals surface area contributed by atoms with Crippen molar-refractivity contribution in [3.05, 3.63) is 299 Å². The lowest BCUT2D eigenvalue weighted by Crippen LogP contribution is -2.43. The van der Waals surface area contributed by atoms with Gasteiger partial charge in [-0.1, -0.05) is 296 Å². The van der Waals surface area contributed by atoms with E-state index in [-0.39, 0.29) is 11.5 Å². The first-order valence-corrected chi connectivity index (χ1v) is 38.2. The highest BCUT2D eigenvalue weighted by Gasteiger charge is 2.36. The molecule has 18 aromatic rings. The van der Waals surface area contributed by atoms with Crippen molar-refractivity contribution in [2.24, 2.45) is 12.5 Å². The molecular weight excluding hydrogens is 1500 g/mol. The lowest BCUT2D eigenvalue weighted by atomic mass is 9.89. The molecule has 0 atom stereocenters. The molecule has 0 unspecified atom stereocenters. The zero-order valence-electron chi connectivity index (χ0n) is 61.1. The summed E-state index contributed by atoms with van der Waals surface area (Å²) in [5.41, 5.74) is 18.1. The van der Waals surface area contributed by atoms with Crippen molar-refractivity contribution >= 4 is 90.5 Å². The third-order valence-electron chi connectivity index (χ3n) is 19.6. The minimum absolute atomic E-state index is 0.0547. The van der Waals surface area contributed by atoms with E-state index in [1.54, 1.807) is 15.6 Å². The highest BCUT2D eigenvalue weighted by Crippen LogP contribution is 2.44. The van der Waals surface area contributed by atoms with Gasteiger partial charge in [0.1, 0.15) is 57.5 Å². The van der Waals surface area contributed by atoms with Crippen molar-refractivity contribution in [1.29, 1.82) is 0 Å². The smallest absolute Gasteiger partial charge is 0.182 e. The molecule has 2 aliphatic heterocycles. The molecule has 0 bridgehead atoms. The monoisotopic (exact) mass is 1570 g/mol. The molecule has 2 fully saturated rings. The maximum atomic E-state index is 6.90. The van der Waals surface area contributed by atoms with Crippen LogP contribution in [0.2, 0.25) is 20.1 Å². The zero-order valence-corrected chi connectivity index (χ0v) is 64.1. The standard InChI is InChI=1S/C22H17ClN6.2C22H19ClN4O.C21H14ClN5O/c1-28-13-15(12-24-28)14-29-22-18(20(27-29)16-8-4-2-5-9-16)19(23)21(25-26-22)17-10-6-3-7-11-17;1-22(13-28-14-22)12-27-21-17(19(26-27)15-8-4-2-5-9-15)18(23)20(24-25-21)16-10-6-3-7-11-16;23-19-18-20(15-7-3-1-4-8-15)26-27(17-11-13-28-14-12-17)22(18)25-24-21(19)16-9-5-2-6-10-16;22-18-17-19(14-7-3-1-4-8-14)26-27(11-16-12-28-13-23-16)21(17)25-24-20(18)15-9-5-2-6-10-15/h2-13H,14H2,1H3;2-11H,12-14H2,1H3;1-10,17H,11-14H2;1-10,12-13H,11H2. The number of hydrogen-bond acceptors (Lipinski definition) is 17. The Morgan fingerprint density at radius 1 is 0.381 bits per heavy atom. The Hall–Kier alpha value is -12.5. The maximum Gasteiger partial charge on any atom is 0.182 e. The van der Waals surface area contributed by atoms with Gasteiger partial charge in [0.2, 0.25) is 0 Å². The lowest BCUT2D eigenvalue weighted by molar-refractivity contribution is -0.111. The average Bonchev–Trinajstić information content (AvgIpc) is 1.63. The van der Waals surface area contributed by atoms with Gasteiger partial charge in [0.15, 0.2) is 29.0 Å². The molecule has 113 heavy (non-hydrogen) atoms. The van der Waals surface area contributed by atoms with Crippen molar-refractivity contribution in [2.45, 2.75) is 45.4 Å². The van der Waals surface area contributed by atoms with Crippen LogP contribution in [0.1, 0.15) is 37.1 Å². The molecule has 26 heteroatoms. The summed E-state index contributed by atoms with van der Waals surface area (Å²) in [7, 11) is 1.89. The number of halogens is 4. The van der Waals surface area contributed by atoms with Gasteiger partial charge in [0, 0.05) is 81.9 Å². The summed E-state index contributed by atoms with van der Waals surface area (Å²) in [5, 5.41) is 65.0. The molecule has 0 saturated carbocycles. The van der Waals surface area contributed by atoms with E-state index >= 15 is 0 Å². The Morgan fingerprint density at radius 2 is 0.708 bits per heavy atom. The molecule has 2 aliphatic rings. The van der Waals surface area contributed by atoms with Crippen LogP contribution in [-0.2, 0) is 36.2 Å². The number of benzene rings is 8. The van der Waals surface area contributed by atoms with E-state index in [0.29, 0.717) is 79.4 Å². The van der Waals surface area contributed by atoms with Gasteiger partial charge in [-0.2, -0.15) is 25.5 Å². The minimum atomic E-state index is 0.0547. The first-order chi connectivity index (χ1) is 55.5. The van der Waals surface area contributed by atoms with E-state index in [2.05, 4.69) is 69.9 Å². The molecule has 0 spiro atoms. The van der Waals surface area contributed by atoms with Gasteiger partial charge >= 0.3 is 0 Å². The van der Waals surface area contributed by atoms with Crippen LogP contribution in [0.4, 0.5) is 0 Å². The van der Waals surface area contributed by atoms with Crippen molar-refractivity contribution in [3.63, 3.8) is 0 Å². The molecule has 0 amide bonds. The third kappa shape index (κ3) is 15.3. The van der Waals surface area contributed by atoms with Crippen LogP contribution in [0.25, 0.3) is 134 Å². The largest absolute Gasteiger partial charge is 0.451 e. The van der Waals surface area contributed by atoms with E-state index in [1.165, 1.54) is 6.39 Å². The minimum Gasteiger partial charge on any atom is -0.451 e. The molecule has 10 aromatic heterocycles. The molecule has 2 saturated heterocycles. The summed E-state index contributed by atoms with van der Waals surface area (Å²) in [6, 6.07) is 79.7. The number of ether oxygens (including phenoxy) is 2. The van der Waals surface area contributed by atoms with Crippen molar-refractivity contribution < 1.29 is 13.9 Å².